The van der Waals surface area contributed by atoms with Gasteiger partial charge in [-0.3, -0.25) is 0 Å². The van der Waals surface area contributed by atoms with Gasteiger partial charge in [0.05, 0.1) is 0 Å². The number of rotatable bonds is 0. The Morgan fingerprint density at radius 2 is 1.40 bits per heavy atom. The van der Waals surface area contributed by atoms with E-state index in [1.807, 2.05) is 15.9 Å². The van der Waals surface area contributed by atoms with Crippen molar-refractivity contribution in [3.05, 3.63) is 0 Å². The molecule has 0 saturated carbocycles. The molecule has 0 rings (SSSR count). The number of hydrogen-bond acceptors (Lipinski definition) is 1. The molecule has 5 heavy (non-hydrogen) atoms. The summed E-state index contributed by atoms with van der Waals surface area (Å²) < 4.78 is 8.00. The topological polar surface area (TPSA) is 17.1 Å². The van der Waals surface area contributed by atoms with Gasteiger partial charge >= 0.3 is 91.5 Å². The quantitative estimate of drug-likeness (QED) is 0.428. The fourth-order valence-electron chi connectivity index (χ4n) is 0. The minimum Gasteiger partial charge on any atom is 2.00 e. The predicted molar refractivity (Wildman–Crippen MR) is 18.6 cm³/mol. The van der Waals surface area contributed by atoms with Crippen molar-refractivity contribution in [2.24, 2.45) is 0 Å². The van der Waals surface area contributed by atoms with Crippen molar-refractivity contribution < 1.29 is 39.4 Å². The van der Waals surface area contributed by atoms with Gasteiger partial charge in [-0.1, -0.05) is 0 Å². The van der Waals surface area contributed by atoms with Crippen LogP contribution in [0.2, 0.25) is 0 Å². The molecule has 0 aliphatic heterocycles. The van der Waals surface area contributed by atoms with Crippen molar-refractivity contribution in [2.45, 2.75) is 0 Å². The Morgan fingerprint density at radius 1 is 1.40 bits per heavy atom. The molecule has 0 aromatic carbocycles. The molecule has 0 bridgehead atoms. The Kier molecular flexibility index (Phi) is 131. The molecule has 0 unspecified atom stereocenters. The van der Waals surface area contributed by atoms with E-state index < -0.39 is 0 Å². The van der Waals surface area contributed by atoms with Gasteiger partial charge in [0, 0.05) is 16.8 Å². The third-order valence-corrected chi connectivity index (χ3v) is 0. The van der Waals surface area contributed by atoms with Gasteiger partial charge < -0.3 is 2.85 Å². The molecule has 0 spiro atoms. The zero-order valence-corrected chi connectivity index (χ0v) is 13.6. The van der Waals surface area contributed by atoms with Crippen molar-refractivity contribution >= 4 is 71.7 Å². The normalized spacial score (nSPS) is 1.00. The Hall–Kier alpha value is 3.19. The van der Waals surface area contributed by atoms with Gasteiger partial charge in [-0.2, -0.15) is 0 Å². The second kappa shape index (κ2) is 27.1. The van der Waals surface area contributed by atoms with Crippen molar-refractivity contribution in [1.82, 2.24) is 0 Å². The van der Waals surface area contributed by atoms with Gasteiger partial charge in [-0.05, 0) is 0 Å². The third-order valence-electron chi connectivity index (χ3n) is 0. The Morgan fingerprint density at radius 3 is 1.40 bits per heavy atom. The first kappa shape index (κ1) is 24.1. The first-order chi connectivity index (χ1) is 1.00. The Labute approximate surface area is 109 Å². The average molecular weight is 432 g/mol. The molecular weight excluding hydrogens is 427 g/mol. The predicted octanol–water partition coefficient (Wildman–Crippen LogP) is -1.46. The van der Waals surface area contributed by atoms with Gasteiger partial charge in [-0.15, -0.1) is 0 Å². The fourth-order valence-corrected chi connectivity index (χ4v) is 0. The van der Waals surface area contributed by atoms with Gasteiger partial charge in [-0.25, -0.2) is 0 Å². The van der Waals surface area contributed by atoms with E-state index in [1.165, 1.54) is 0 Å². The van der Waals surface area contributed by atoms with Crippen LogP contribution >= 0.6 is 0 Å². The summed E-state index contributed by atoms with van der Waals surface area (Å²) in [5.41, 5.74) is 0. The monoisotopic (exact) mass is 433 g/mol. The molecule has 0 saturated heterocycles. The van der Waals surface area contributed by atoms with Gasteiger partial charge in [0.25, 0.3) is 0 Å². The zero-order chi connectivity index (χ0) is 2.00. The van der Waals surface area contributed by atoms with E-state index in [1.54, 1.807) is 0 Å². The van der Waals surface area contributed by atoms with E-state index in [0.717, 1.165) is 0 Å². The average Bonchev–Trinajstić information content (AvgIpc) is 1.00. The Bertz CT molecular complexity index is 17.7. The minimum atomic E-state index is 0. The van der Waals surface area contributed by atoms with Crippen molar-refractivity contribution in [2.75, 3.05) is 0 Å². The maximum atomic E-state index is 8.00. The molecule has 0 aromatic heterocycles. The van der Waals surface area contributed by atoms with E-state index in [-0.39, 0.29) is 91.3 Å². The molecule has 0 aromatic rings. The van der Waals surface area contributed by atoms with Gasteiger partial charge in [0.15, 0.2) is 0 Å². The summed E-state index contributed by atoms with van der Waals surface area (Å²) in [5.74, 6) is 0. The first-order valence-corrected chi connectivity index (χ1v) is 0.595. The van der Waals surface area contributed by atoms with E-state index in [4.69, 9.17) is 3.83 Å². The van der Waals surface area contributed by atoms with Crippen molar-refractivity contribution in [3.8, 4) is 0 Å². The van der Waals surface area contributed by atoms with Gasteiger partial charge in [0.1, 0.15) is 0 Å². The van der Waals surface area contributed by atoms with E-state index in [0.29, 0.717) is 0 Å². The molecule has 0 N–H and O–H groups in total. The SMILES string of the molecule is [BiH3].[Co].[H-].[H-].[O]=[Fe].[Sr+2]. The van der Waals surface area contributed by atoms with Crippen LogP contribution in [-0.4, -0.2) is 71.7 Å². The molecule has 1 nitrogen and oxygen atoms in total. The third kappa shape index (κ3) is 19.0. The summed E-state index contributed by atoms with van der Waals surface area (Å²) in [6.45, 7) is 0. The molecule has 35 valence electrons. The zero-order valence-electron chi connectivity index (χ0n) is 4.51. The smallest absolute Gasteiger partial charge is 2.00 e. The van der Waals surface area contributed by atoms with E-state index in [9.17, 15) is 0 Å². The summed E-state index contributed by atoms with van der Waals surface area (Å²) >= 11 is 2.00. The number of hydrogen-bond donors (Lipinski definition) is 0. The summed E-state index contributed by atoms with van der Waals surface area (Å²) in [6.07, 6.45) is 0. The molecule has 5 heteroatoms. The second-order valence-electron chi connectivity index (χ2n) is 0. The minimum absolute atomic E-state index is 0. The second-order valence-corrected chi connectivity index (χ2v) is 0. The van der Waals surface area contributed by atoms with Crippen LogP contribution in [0.4, 0.5) is 0 Å². The van der Waals surface area contributed by atoms with Crippen molar-refractivity contribution in [1.29, 1.82) is 0 Å². The molecular formula is H5BiCoFeOSr. The van der Waals surface area contributed by atoms with Crippen molar-refractivity contribution in [3.63, 3.8) is 0 Å². The molecule has 0 aliphatic carbocycles. The van der Waals surface area contributed by atoms with E-state index in [2.05, 4.69) is 0 Å². The Balaban J connectivity index is -0.000000000500. The van der Waals surface area contributed by atoms with Crippen LogP contribution in [0.15, 0.2) is 0 Å². The van der Waals surface area contributed by atoms with Crippen LogP contribution in [0, 0.1) is 0 Å². The van der Waals surface area contributed by atoms with Crippen LogP contribution in [-0.2, 0) is 36.6 Å². The molecule has 0 atom stereocenters. The maximum absolute atomic E-state index is 8.00. The standard InChI is InChI=1S/Bi.Co.Fe.O.Sr.5H/q;;;;+2;;;;2*-1. The maximum Gasteiger partial charge on any atom is 2.00 e. The van der Waals surface area contributed by atoms with Crippen LogP contribution in [0.1, 0.15) is 2.85 Å². The molecule has 0 amide bonds. The summed E-state index contributed by atoms with van der Waals surface area (Å²) in [7, 11) is 0. The van der Waals surface area contributed by atoms with Crippen LogP contribution < -0.4 is 0 Å². The van der Waals surface area contributed by atoms with E-state index >= 15 is 0 Å². The van der Waals surface area contributed by atoms with Crippen LogP contribution in [0.25, 0.3) is 0 Å². The largest absolute Gasteiger partial charge is 2.00 e. The molecule has 0 fully saturated rings. The molecule has 0 aliphatic rings. The fraction of sp³-hybridized carbons (Fsp3) is 0. The van der Waals surface area contributed by atoms with Crippen LogP contribution in [0.3, 0.4) is 0 Å². The van der Waals surface area contributed by atoms with Crippen LogP contribution in [0.5, 0.6) is 0 Å². The summed E-state index contributed by atoms with van der Waals surface area (Å²) in [6, 6.07) is 0. The van der Waals surface area contributed by atoms with Gasteiger partial charge in [0.2, 0.25) is 0 Å². The summed E-state index contributed by atoms with van der Waals surface area (Å²) in [5, 5.41) is 0. The molecule has 1 radical (unpaired) electrons. The summed E-state index contributed by atoms with van der Waals surface area (Å²) in [4.78, 5) is 0. The molecule has 0 heterocycles. The first-order valence-electron chi connectivity index (χ1n) is 0.144.